The lowest BCUT2D eigenvalue weighted by molar-refractivity contribution is -0.321. The average molecular weight is 427 g/mol. The molecule has 7 unspecified atom stereocenters. The first-order valence-electron chi connectivity index (χ1n) is 10.9. The topological polar surface area (TPSA) is 105 Å². The molecule has 0 saturated carbocycles. The number of carbonyl (C=O) groups is 1. The molecule has 7 nitrogen and oxygen atoms in total. The molecule has 1 heterocycles. The molecule has 2 rings (SSSR count). The van der Waals surface area contributed by atoms with Gasteiger partial charge in [-0.25, -0.2) is 0 Å². The van der Waals surface area contributed by atoms with E-state index in [2.05, 4.69) is 32.9 Å². The maximum absolute atomic E-state index is 11.6. The van der Waals surface area contributed by atoms with Gasteiger partial charge in [-0.3, -0.25) is 4.79 Å². The van der Waals surface area contributed by atoms with Gasteiger partial charge in [-0.15, -0.1) is 0 Å². The van der Waals surface area contributed by atoms with Crippen LogP contribution in [0.25, 0.3) is 0 Å². The van der Waals surface area contributed by atoms with Crippen LogP contribution < -0.4 is 0 Å². The molecule has 1 saturated heterocycles. The van der Waals surface area contributed by atoms with Crippen molar-refractivity contribution in [3.05, 3.63) is 23.8 Å². The minimum atomic E-state index is -1.43. The lowest BCUT2D eigenvalue weighted by Gasteiger charge is -2.44. The summed E-state index contributed by atoms with van der Waals surface area (Å²) in [5, 5.41) is 30.2. The highest BCUT2D eigenvalue weighted by Crippen LogP contribution is 2.33. The van der Waals surface area contributed by atoms with E-state index in [1.165, 1.54) is 12.5 Å². The molecule has 0 aromatic heterocycles. The number of carbonyl (C=O) groups excluding carboxylic acids is 1. The summed E-state index contributed by atoms with van der Waals surface area (Å²) in [5.41, 5.74) is 0.607. The molecule has 172 valence electrons. The Morgan fingerprint density at radius 3 is 2.63 bits per heavy atom. The monoisotopic (exact) mass is 426 g/mol. The van der Waals surface area contributed by atoms with Crippen molar-refractivity contribution in [1.29, 1.82) is 0 Å². The standard InChI is InChI=1S/C23H38O7/c1-14(2)17-9-8-15(3)7-6-11-23(5,12-10-17)30-22-21(28-16(4)25)20(27)19(26)18(13-24)29-22/h7,10,12,14,17-22,24,26-27H,6,8-9,11,13H2,1-5H3. The fourth-order valence-corrected chi connectivity index (χ4v) is 4.00. The summed E-state index contributed by atoms with van der Waals surface area (Å²) in [5.74, 6) is 0.257. The van der Waals surface area contributed by atoms with Gasteiger partial charge in [-0.1, -0.05) is 37.6 Å². The third-order valence-electron chi connectivity index (χ3n) is 6.07. The number of aliphatic hydroxyl groups excluding tert-OH is 3. The van der Waals surface area contributed by atoms with Gasteiger partial charge >= 0.3 is 5.97 Å². The first kappa shape index (κ1) is 25.0. The van der Waals surface area contributed by atoms with Crippen LogP contribution in [0.3, 0.4) is 0 Å². The van der Waals surface area contributed by atoms with Crippen LogP contribution in [0, 0.1) is 11.8 Å². The van der Waals surface area contributed by atoms with Crippen LogP contribution in [0.4, 0.5) is 0 Å². The molecule has 0 spiro atoms. The summed E-state index contributed by atoms with van der Waals surface area (Å²) in [6, 6.07) is 0. The Balaban J connectivity index is 2.29. The van der Waals surface area contributed by atoms with E-state index in [4.69, 9.17) is 14.2 Å². The largest absolute Gasteiger partial charge is 0.454 e. The van der Waals surface area contributed by atoms with Gasteiger partial charge in [0.15, 0.2) is 12.4 Å². The quantitative estimate of drug-likeness (QED) is 0.458. The van der Waals surface area contributed by atoms with Crippen LogP contribution in [-0.4, -0.2) is 64.2 Å². The Morgan fingerprint density at radius 1 is 1.33 bits per heavy atom. The molecule has 0 aromatic rings. The van der Waals surface area contributed by atoms with Crippen molar-refractivity contribution in [2.75, 3.05) is 6.61 Å². The molecule has 0 amide bonds. The number of hydrogen-bond donors (Lipinski definition) is 3. The molecule has 30 heavy (non-hydrogen) atoms. The van der Waals surface area contributed by atoms with Crippen molar-refractivity contribution in [1.82, 2.24) is 0 Å². The van der Waals surface area contributed by atoms with Crippen LogP contribution in [0.2, 0.25) is 0 Å². The third-order valence-corrected chi connectivity index (χ3v) is 6.07. The Kier molecular flexibility index (Phi) is 9.06. The van der Waals surface area contributed by atoms with Gasteiger partial charge in [0, 0.05) is 6.92 Å². The fraction of sp³-hybridized carbons (Fsp3) is 0.783. The van der Waals surface area contributed by atoms with Crippen LogP contribution in [0.5, 0.6) is 0 Å². The fourth-order valence-electron chi connectivity index (χ4n) is 4.00. The number of aliphatic hydroxyl groups is 3. The second-order valence-corrected chi connectivity index (χ2v) is 9.11. The lowest BCUT2D eigenvalue weighted by Crippen LogP contribution is -2.61. The van der Waals surface area contributed by atoms with E-state index in [9.17, 15) is 20.1 Å². The maximum atomic E-state index is 11.6. The molecular formula is C23H38O7. The lowest BCUT2D eigenvalue weighted by atomic mass is 9.85. The van der Waals surface area contributed by atoms with Gasteiger partial charge in [-0.05, 0) is 51.4 Å². The highest BCUT2D eigenvalue weighted by molar-refractivity contribution is 5.66. The highest BCUT2D eigenvalue weighted by Gasteiger charge is 2.48. The van der Waals surface area contributed by atoms with E-state index >= 15 is 0 Å². The normalized spacial score (nSPS) is 38.2. The Bertz CT molecular complexity index is 629. The van der Waals surface area contributed by atoms with Crippen molar-refractivity contribution >= 4 is 5.97 Å². The van der Waals surface area contributed by atoms with Gasteiger partial charge in [0.25, 0.3) is 0 Å². The summed E-state index contributed by atoms with van der Waals surface area (Å²) in [4.78, 5) is 11.6. The summed E-state index contributed by atoms with van der Waals surface area (Å²) in [6.07, 6.45) is 3.86. The zero-order valence-electron chi connectivity index (χ0n) is 18.8. The van der Waals surface area contributed by atoms with Crippen LogP contribution in [-0.2, 0) is 19.0 Å². The summed E-state index contributed by atoms with van der Waals surface area (Å²) in [6.45, 7) is 9.21. The molecule has 1 fully saturated rings. The van der Waals surface area contributed by atoms with E-state index in [1.54, 1.807) is 0 Å². The Hall–Kier alpha value is -1.25. The van der Waals surface area contributed by atoms with Gasteiger partial charge in [0.1, 0.15) is 18.3 Å². The number of ether oxygens (including phenoxy) is 3. The summed E-state index contributed by atoms with van der Waals surface area (Å²) < 4.78 is 17.2. The molecule has 1 aliphatic heterocycles. The summed E-state index contributed by atoms with van der Waals surface area (Å²) >= 11 is 0. The summed E-state index contributed by atoms with van der Waals surface area (Å²) in [7, 11) is 0. The second-order valence-electron chi connectivity index (χ2n) is 9.11. The van der Waals surface area contributed by atoms with E-state index in [-0.39, 0.29) is 0 Å². The molecular weight excluding hydrogens is 388 g/mol. The molecule has 0 aromatic carbocycles. The number of hydrogen-bond acceptors (Lipinski definition) is 7. The van der Waals surface area contributed by atoms with Gasteiger partial charge in [0.05, 0.1) is 12.2 Å². The molecule has 0 bridgehead atoms. The molecule has 3 N–H and O–H groups in total. The van der Waals surface area contributed by atoms with E-state index in [0.29, 0.717) is 18.3 Å². The van der Waals surface area contributed by atoms with Crippen LogP contribution in [0.1, 0.15) is 60.3 Å². The van der Waals surface area contributed by atoms with Gasteiger partial charge < -0.3 is 29.5 Å². The SMILES string of the molecule is CC(=O)OC1C(OC2(C)C=CC(C(C)C)CCC(C)=CCC2)OC(CO)C(O)C1O. The smallest absolute Gasteiger partial charge is 0.303 e. The molecule has 2 aliphatic rings. The van der Waals surface area contributed by atoms with Crippen molar-refractivity contribution < 1.29 is 34.3 Å². The predicted octanol–water partition coefficient (Wildman–Crippen LogP) is 2.48. The van der Waals surface area contributed by atoms with Gasteiger partial charge in [0.2, 0.25) is 0 Å². The second kappa shape index (κ2) is 10.9. The van der Waals surface area contributed by atoms with Crippen molar-refractivity contribution in [3.8, 4) is 0 Å². The van der Waals surface area contributed by atoms with Crippen LogP contribution in [0.15, 0.2) is 23.8 Å². The minimum absolute atomic E-state index is 0.392. The highest BCUT2D eigenvalue weighted by atomic mass is 16.7. The molecule has 7 heteroatoms. The predicted molar refractivity (Wildman–Crippen MR) is 112 cm³/mol. The van der Waals surface area contributed by atoms with Gasteiger partial charge in [-0.2, -0.15) is 0 Å². The van der Waals surface area contributed by atoms with Crippen molar-refractivity contribution in [2.24, 2.45) is 11.8 Å². The van der Waals surface area contributed by atoms with E-state index in [1.807, 2.05) is 13.0 Å². The first-order chi connectivity index (χ1) is 14.1. The number of rotatable bonds is 5. The zero-order chi connectivity index (χ0) is 22.5. The Morgan fingerprint density at radius 2 is 2.03 bits per heavy atom. The number of allylic oxidation sites excluding steroid dienone is 3. The van der Waals surface area contributed by atoms with E-state index < -0.39 is 48.9 Å². The average Bonchev–Trinajstić information content (AvgIpc) is 2.66. The molecule has 1 aliphatic carbocycles. The molecule has 7 atom stereocenters. The molecule has 0 radical (unpaired) electrons. The van der Waals surface area contributed by atoms with Crippen molar-refractivity contribution in [3.63, 3.8) is 0 Å². The minimum Gasteiger partial charge on any atom is -0.454 e. The first-order valence-corrected chi connectivity index (χ1v) is 10.9. The zero-order valence-corrected chi connectivity index (χ0v) is 18.8. The third kappa shape index (κ3) is 6.62. The van der Waals surface area contributed by atoms with Crippen LogP contribution >= 0.6 is 0 Å². The Labute approximate surface area is 179 Å². The van der Waals surface area contributed by atoms with Crippen molar-refractivity contribution in [2.45, 2.75) is 96.6 Å². The maximum Gasteiger partial charge on any atom is 0.303 e. The van der Waals surface area contributed by atoms with E-state index in [0.717, 1.165) is 19.3 Å². The number of esters is 1.